The van der Waals surface area contributed by atoms with Gasteiger partial charge in [-0.3, -0.25) is 14.3 Å². The van der Waals surface area contributed by atoms with Gasteiger partial charge in [0.1, 0.15) is 0 Å². The summed E-state index contributed by atoms with van der Waals surface area (Å²) in [7, 11) is 3.97. The van der Waals surface area contributed by atoms with Gasteiger partial charge in [0.15, 0.2) is 0 Å². The minimum Gasteiger partial charge on any atom is -0.341 e. The predicted molar refractivity (Wildman–Crippen MR) is 96.2 cm³/mol. The Bertz CT molecular complexity index is 743. The summed E-state index contributed by atoms with van der Waals surface area (Å²) in [5.74, 6) is 0.733. The second kappa shape index (κ2) is 7.13. The van der Waals surface area contributed by atoms with Crippen LogP contribution in [0.3, 0.4) is 0 Å². The van der Waals surface area contributed by atoms with Crippen LogP contribution in [0.15, 0.2) is 35.4 Å². The van der Waals surface area contributed by atoms with E-state index in [1.54, 1.807) is 30.1 Å². The summed E-state index contributed by atoms with van der Waals surface area (Å²) in [5.41, 5.74) is 1.58. The molecule has 0 aliphatic carbocycles. The van der Waals surface area contributed by atoms with Crippen LogP contribution in [0.25, 0.3) is 11.3 Å². The second-order valence-corrected chi connectivity index (χ2v) is 6.39. The first-order valence-corrected chi connectivity index (χ1v) is 8.53. The highest BCUT2D eigenvalue weighted by molar-refractivity contribution is 5.59. The van der Waals surface area contributed by atoms with E-state index in [1.807, 2.05) is 12.1 Å². The van der Waals surface area contributed by atoms with E-state index in [-0.39, 0.29) is 5.56 Å². The highest BCUT2D eigenvalue weighted by Crippen LogP contribution is 2.21. The molecule has 1 atom stereocenters. The fraction of sp³-hybridized carbons (Fsp3) is 0.500. The summed E-state index contributed by atoms with van der Waals surface area (Å²) in [6.07, 6.45) is 5.88. The van der Waals surface area contributed by atoms with Gasteiger partial charge in [-0.05, 0) is 45.5 Å². The molecule has 6 nitrogen and oxygen atoms in total. The fourth-order valence-corrected chi connectivity index (χ4v) is 3.30. The minimum absolute atomic E-state index is 0.0370. The first-order chi connectivity index (χ1) is 11.6. The SMILES string of the molecule is CCN(CC1CCCN1C)c1nc(-c2ccncc2)cc(=O)n1C. The summed E-state index contributed by atoms with van der Waals surface area (Å²) in [6.45, 7) is 4.98. The highest BCUT2D eigenvalue weighted by Gasteiger charge is 2.24. The van der Waals surface area contributed by atoms with Gasteiger partial charge in [-0.2, -0.15) is 0 Å². The van der Waals surface area contributed by atoms with Gasteiger partial charge < -0.3 is 9.80 Å². The Kier molecular flexibility index (Phi) is 4.94. The summed E-state index contributed by atoms with van der Waals surface area (Å²) in [6, 6.07) is 5.87. The number of anilines is 1. The van der Waals surface area contributed by atoms with Gasteiger partial charge in [0.2, 0.25) is 5.95 Å². The molecule has 0 spiro atoms. The van der Waals surface area contributed by atoms with Gasteiger partial charge in [-0.1, -0.05) is 0 Å². The molecule has 2 aromatic heterocycles. The van der Waals surface area contributed by atoms with Crippen molar-refractivity contribution >= 4 is 5.95 Å². The average molecular weight is 327 g/mol. The Morgan fingerprint density at radius 2 is 2.04 bits per heavy atom. The third kappa shape index (κ3) is 3.33. The smallest absolute Gasteiger partial charge is 0.255 e. The van der Waals surface area contributed by atoms with Crippen LogP contribution >= 0.6 is 0 Å². The van der Waals surface area contributed by atoms with Crippen molar-refractivity contribution < 1.29 is 0 Å². The Balaban J connectivity index is 1.96. The molecular weight excluding hydrogens is 302 g/mol. The van der Waals surface area contributed by atoms with E-state index in [0.717, 1.165) is 31.1 Å². The Labute approximate surface area is 142 Å². The molecule has 3 heterocycles. The van der Waals surface area contributed by atoms with Crippen molar-refractivity contribution in [2.24, 2.45) is 7.05 Å². The molecule has 0 saturated carbocycles. The molecule has 1 saturated heterocycles. The average Bonchev–Trinajstić information content (AvgIpc) is 3.01. The molecule has 24 heavy (non-hydrogen) atoms. The van der Waals surface area contributed by atoms with E-state index in [0.29, 0.717) is 11.7 Å². The van der Waals surface area contributed by atoms with Crippen LogP contribution in [0, 0.1) is 0 Å². The molecule has 1 aliphatic heterocycles. The molecule has 128 valence electrons. The predicted octanol–water partition coefficient (Wildman–Crippen LogP) is 1.76. The van der Waals surface area contributed by atoms with Gasteiger partial charge >= 0.3 is 0 Å². The fourth-order valence-electron chi connectivity index (χ4n) is 3.30. The first kappa shape index (κ1) is 16.6. The van der Waals surface area contributed by atoms with Crippen LogP contribution in [0.1, 0.15) is 19.8 Å². The zero-order valence-electron chi connectivity index (χ0n) is 14.6. The van der Waals surface area contributed by atoms with Crippen molar-refractivity contribution in [3.8, 4) is 11.3 Å². The van der Waals surface area contributed by atoms with Crippen molar-refractivity contribution in [1.29, 1.82) is 0 Å². The van der Waals surface area contributed by atoms with Gasteiger partial charge in [0.25, 0.3) is 5.56 Å². The number of likely N-dealkylation sites (tertiary alicyclic amines) is 1. The topological polar surface area (TPSA) is 54.3 Å². The van der Waals surface area contributed by atoms with Crippen LogP contribution in [0.2, 0.25) is 0 Å². The Morgan fingerprint density at radius 1 is 1.29 bits per heavy atom. The van der Waals surface area contributed by atoms with Crippen molar-refractivity contribution in [3.05, 3.63) is 40.9 Å². The maximum absolute atomic E-state index is 12.4. The lowest BCUT2D eigenvalue weighted by atomic mass is 10.2. The lowest BCUT2D eigenvalue weighted by molar-refractivity contribution is 0.311. The number of rotatable bonds is 5. The summed E-state index contributed by atoms with van der Waals surface area (Å²) in [4.78, 5) is 25.8. The molecule has 0 bridgehead atoms. The molecule has 0 amide bonds. The second-order valence-electron chi connectivity index (χ2n) is 6.39. The van der Waals surface area contributed by atoms with Crippen LogP contribution in [0.5, 0.6) is 0 Å². The molecule has 6 heteroatoms. The molecule has 1 unspecified atom stereocenters. The largest absolute Gasteiger partial charge is 0.341 e. The lowest BCUT2D eigenvalue weighted by Gasteiger charge is -2.30. The number of likely N-dealkylation sites (N-methyl/N-ethyl adjacent to an activating group) is 2. The Morgan fingerprint density at radius 3 is 2.67 bits per heavy atom. The maximum Gasteiger partial charge on any atom is 0.255 e. The van der Waals surface area contributed by atoms with Gasteiger partial charge in [-0.25, -0.2) is 4.98 Å². The number of nitrogens with zero attached hydrogens (tertiary/aromatic N) is 5. The van der Waals surface area contributed by atoms with Gasteiger partial charge in [-0.15, -0.1) is 0 Å². The van der Waals surface area contributed by atoms with Crippen LogP contribution in [0.4, 0.5) is 5.95 Å². The monoisotopic (exact) mass is 327 g/mol. The molecule has 3 rings (SSSR count). The zero-order chi connectivity index (χ0) is 17.1. The zero-order valence-corrected chi connectivity index (χ0v) is 14.6. The number of hydrogen-bond acceptors (Lipinski definition) is 5. The standard InChI is InChI=1S/C18H25N5O/c1-4-23(13-15-6-5-11-21(15)2)18-20-16(12-17(24)22(18)3)14-7-9-19-10-8-14/h7-10,12,15H,4-6,11,13H2,1-3H3. The number of hydrogen-bond donors (Lipinski definition) is 0. The summed E-state index contributed by atoms with van der Waals surface area (Å²) < 4.78 is 1.64. The molecular formula is C18H25N5O. The Hall–Kier alpha value is -2.21. The molecule has 2 aromatic rings. The lowest BCUT2D eigenvalue weighted by Crippen LogP contribution is -2.41. The molecule has 1 fully saturated rings. The van der Waals surface area contributed by atoms with Crippen LogP contribution < -0.4 is 10.5 Å². The molecule has 1 aliphatic rings. The maximum atomic E-state index is 12.4. The van der Waals surface area contributed by atoms with Crippen molar-refractivity contribution in [3.63, 3.8) is 0 Å². The van der Waals surface area contributed by atoms with Crippen molar-refractivity contribution in [2.45, 2.75) is 25.8 Å². The van der Waals surface area contributed by atoms with Crippen molar-refractivity contribution in [1.82, 2.24) is 19.4 Å². The quantitative estimate of drug-likeness (QED) is 0.838. The molecule has 0 aromatic carbocycles. The van der Waals surface area contributed by atoms with E-state index >= 15 is 0 Å². The minimum atomic E-state index is -0.0370. The number of aromatic nitrogens is 3. The van der Waals surface area contributed by atoms with E-state index in [1.165, 1.54) is 12.8 Å². The van der Waals surface area contributed by atoms with E-state index in [9.17, 15) is 4.79 Å². The summed E-state index contributed by atoms with van der Waals surface area (Å²) >= 11 is 0. The highest BCUT2D eigenvalue weighted by atomic mass is 16.1. The van der Waals surface area contributed by atoms with Gasteiger partial charge in [0.05, 0.1) is 5.69 Å². The van der Waals surface area contributed by atoms with E-state index in [2.05, 4.69) is 28.8 Å². The molecule has 0 radical (unpaired) electrons. The van der Waals surface area contributed by atoms with Crippen LogP contribution in [-0.2, 0) is 7.05 Å². The molecule has 0 N–H and O–H groups in total. The van der Waals surface area contributed by atoms with E-state index in [4.69, 9.17) is 4.98 Å². The number of pyridine rings is 1. The van der Waals surface area contributed by atoms with E-state index < -0.39 is 0 Å². The third-order valence-electron chi connectivity index (χ3n) is 4.85. The van der Waals surface area contributed by atoms with Gasteiger partial charge in [0, 0.05) is 50.2 Å². The third-order valence-corrected chi connectivity index (χ3v) is 4.85. The normalized spacial score (nSPS) is 18.0. The van der Waals surface area contributed by atoms with Crippen LogP contribution in [-0.4, -0.2) is 52.2 Å². The first-order valence-electron chi connectivity index (χ1n) is 8.53. The summed E-state index contributed by atoms with van der Waals surface area (Å²) in [5, 5.41) is 0. The van der Waals surface area contributed by atoms with Crippen molar-refractivity contribution in [2.75, 3.05) is 31.6 Å².